The molecule has 2 fully saturated rings. The lowest BCUT2D eigenvalue weighted by atomic mass is 10.0. The summed E-state index contributed by atoms with van der Waals surface area (Å²) in [6.45, 7) is 1.92. The third-order valence-electron chi connectivity index (χ3n) is 4.85. The summed E-state index contributed by atoms with van der Waals surface area (Å²) in [4.78, 5) is 18.5. The van der Waals surface area contributed by atoms with Crippen LogP contribution in [0.3, 0.4) is 0 Å². The lowest BCUT2D eigenvalue weighted by molar-refractivity contribution is 0.102. The van der Waals surface area contributed by atoms with E-state index in [0.29, 0.717) is 17.5 Å². The SMILES string of the molecule is O=C(Nc1cn[nH]c1C1CCNC1)c1c(C2CC2)nc2sccn12. The number of hydrogen-bond donors (Lipinski definition) is 3. The van der Waals surface area contributed by atoms with Gasteiger partial charge in [-0.25, -0.2) is 4.98 Å². The molecule has 5 rings (SSSR count). The number of aromatic nitrogens is 4. The maximum atomic E-state index is 13.0. The largest absolute Gasteiger partial charge is 0.318 e. The van der Waals surface area contributed by atoms with E-state index < -0.39 is 0 Å². The Bertz CT molecular complexity index is 899. The minimum Gasteiger partial charge on any atom is -0.318 e. The Kier molecular flexibility index (Phi) is 3.20. The fourth-order valence-corrected chi connectivity index (χ4v) is 4.18. The molecule has 7 nitrogen and oxygen atoms in total. The van der Waals surface area contributed by atoms with Gasteiger partial charge in [-0.1, -0.05) is 0 Å². The number of carbonyl (C=O) groups excluding carboxylic acids is 1. The van der Waals surface area contributed by atoms with Crippen LogP contribution in [0.15, 0.2) is 17.8 Å². The number of H-pyrrole nitrogens is 1. The zero-order chi connectivity index (χ0) is 16.1. The van der Waals surface area contributed by atoms with Crippen molar-refractivity contribution in [3.8, 4) is 0 Å². The smallest absolute Gasteiger partial charge is 0.274 e. The second-order valence-corrected chi connectivity index (χ2v) is 7.39. The van der Waals surface area contributed by atoms with E-state index in [0.717, 1.165) is 54.4 Å². The number of nitrogens with one attached hydrogen (secondary N) is 3. The van der Waals surface area contributed by atoms with Gasteiger partial charge in [-0.2, -0.15) is 5.10 Å². The molecule has 0 bridgehead atoms. The standard InChI is InChI=1S/C16H18N6OS/c23-15(19-11-8-18-21-12(11)10-3-4-17-7-10)14-13(9-1-2-9)20-16-22(14)5-6-24-16/h5-6,8-10,17H,1-4,7H2,(H,18,21)(H,19,23). The van der Waals surface area contributed by atoms with Crippen molar-refractivity contribution in [3.63, 3.8) is 0 Å². The van der Waals surface area contributed by atoms with Gasteiger partial charge in [-0.05, 0) is 25.8 Å². The van der Waals surface area contributed by atoms with E-state index in [2.05, 4.69) is 25.8 Å². The van der Waals surface area contributed by atoms with Crippen molar-refractivity contribution in [1.29, 1.82) is 0 Å². The summed E-state index contributed by atoms with van der Waals surface area (Å²) in [7, 11) is 0. The Labute approximate surface area is 142 Å². The highest BCUT2D eigenvalue weighted by molar-refractivity contribution is 7.15. The summed E-state index contributed by atoms with van der Waals surface area (Å²) in [6, 6.07) is 0. The molecule has 0 aromatic carbocycles. The van der Waals surface area contributed by atoms with E-state index in [1.54, 1.807) is 17.5 Å². The number of amides is 1. The minimum absolute atomic E-state index is 0.101. The van der Waals surface area contributed by atoms with Crippen LogP contribution in [0.2, 0.25) is 0 Å². The van der Waals surface area contributed by atoms with Crippen LogP contribution in [0.4, 0.5) is 5.69 Å². The average Bonchev–Trinajstić information content (AvgIpc) is 3.02. The minimum atomic E-state index is -0.101. The number of aromatic amines is 1. The molecule has 0 spiro atoms. The first kappa shape index (κ1) is 14.2. The quantitative estimate of drug-likeness (QED) is 0.679. The van der Waals surface area contributed by atoms with Crippen LogP contribution in [0.25, 0.3) is 4.96 Å². The van der Waals surface area contributed by atoms with Crippen LogP contribution < -0.4 is 10.6 Å². The molecule has 0 radical (unpaired) electrons. The number of rotatable bonds is 4. The van der Waals surface area contributed by atoms with E-state index in [4.69, 9.17) is 0 Å². The lowest BCUT2D eigenvalue weighted by Gasteiger charge is -2.10. The maximum Gasteiger partial charge on any atom is 0.274 e. The molecule has 1 atom stereocenters. The molecule has 3 N–H and O–H groups in total. The van der Waals surface area contributed by atoms with Crippen LogP contribution in [0, 0.1) is 0 Å². The lowest BCUT2D eigenvalue weighted by Crippen LogP contribution is -2.17. The van der Waals surface area contributed by atoms with Crippen LogP contribution in [0.5, 0.6) is 0 Å². The highest BCUT2D eigenvalue weighted by atomic mass is 32.1. The number of carbonyl (C=O) groups is 1. The second kappa shape index (κ2) is 5.42. The zero-order valence-corrected chi connectivity index (χ0v) is 13.9. The highest BCUT2D eigenvalue weighted by Gasteiger charge is 2.33. The van der Waals surface area contributed by atoms with Gasteiger partial charge in [-0.15, -0.1) is 11.3 Å². The molecule has 1 unspecified atom stereocenters. The Hall–Kier alpha value is -2.19. The van der Waals surface area contributed by atoms with Gasteiger partial charge in [0.05, 0.1) is 23.3 Å². The molecule has 4 heterocycles. The number of imidazole rings is 1. The molecule has 1 amide bonds. The molecule has 1 saturated carbocycles. The summed E-state index contributed by atoms with van der Waals surface area (Å²) in [5, 5.41) is 15.6. The van der Waals surface area contributed by atoms with Gasteiger partial charge in [0.25, 0.3) is 5.91 Å². The second-order valence-electron chi connectivity index (χ2n) is 6.52. The van der Waals surface area contributed by atoms with Gasteiger partial charge < -0.3 is 10.6 Å². The normalized spacial score (nSPS) is 20.8. The molecule has 1 aliphatic heterocycles. The van der Waals surface area contributed by atoms with Gasteiger partial charge in [0.1, 0.15) is 5.69 Å². The van der Waals surface area contributed by atoms with E-state index in [1.807, 2.05) is 16.0 Å². The van der Waals surface area contributed by atoms with E-state index in [1.165, 1.54) is 0 Å². The predicted molar refractivity (Wildman–Crippen MR) is 91.8 cm³/mol. The van der Waals surface area contributed by atoms with E-state index >= 15 is 0 Å². The summed E-state index contributed by atoms with van der Waals surface area (Å²) in [5.74, 6) is 0.703. The molecule has 3 aromatic rings. The topological polar surface area (TPSA) is 87.1 Å². The van der Waals surface area contributed by atoms with Gasteiger partial charge in [0, 0.05) is 30.0 Å². The maximum absolute atomic E-state index is 13.0. The first-order valence-corrected chi connectivity index (χ1v) is 9.20. The average molecular weight is 342 g/mol. The molecule has 2 aliphatic rings. The van der Waals surface area contributed by atoms with Crippen molar-refractivity contribution >= 4 is 27.9 Å². The highest BCUT2D eigenvalue weighted by Crippen LogP contribution is 2.42. The van der Waals surface area contributed by atoms with Gasteiger partial charge in [0.2, 0.25) is 0 Å². The van der Waals surface area contributed by atoms with Crippen molar-refractivity contribution < 1.29 is 4.79 Å². The monoisotopic (exact) mass is 342 g/mol. The van der Waals surface area contributed by atoms with Crippen molar-refractivity contribution in [2.24, 2.45) is 0 Å². The van der Waals surface area contributed by atoms with Gasteiger partial charge in [-0.3, -0.25) is 14.3 Å². The number of anilines is 1. The van der Waals surface area contributed by atoms with E-state index in [9.17, 15) is 4.79 Å². The van der Waals surface area contributed by atoms with Crippen molar-refractivity contribution in [3.05, 3.63) is 34.9 Å². The Balaban J connectivity index is 1.48. The summed E-state index contributed by atoms with van der Waals surface area (Å²) >= 11 is 1.56. The van der Waals surface area contributed by atoms with Crippen LogP contribution in [0.1, 0.15) is 53.0 Å². The van der Waals surface area contributed by atoms with E-state index in [-0.39, 0.29) is 5.91 Å². The summed E-state index contributed by atoms with van der Waals surface area (Å²) in [5.41, 5.74) is 3.39. The van der Waals surface area contributed by atoms with Crippen molar-refractivity contribution in [2.75, 3.05) is 18.4 Å². The fourth-order valence-electron chi connectivity index (χ4n) is 3.46. The molecular weight excluding hydrogens is 324 g/mol. The third-order valence-corrected chi connectivity index (χ3v) is 5.61. The molecule has 124 valence electrons. The Morgan fingerprint density at radius 3 is 3.04 bits per heavy atom. The van der Waals surface area contributed by atoms with Crippen LogP contribution in [-0.4, -0.2) is 38.6 Å². The van der Waals surface area contributed by atoms with Crippen molar-refractivity contribution in [2.45, 2.75) is 31.1 Å². The first-order chi connectivity index (χ1) is 11.8. The zero-order valence-electron chi connectivity index (χ0n) is 13.1. The Morgan fingerprint density at radius 2 is 2.25 bits per heavy atom. The third kappa shape index (κ3) is 2.25. The van der Waals surface area contributed by atoms with Gasteiger partial charge >= 0.3 is 0 Å². The molecule has 1 aliphatic carbocycles. The van der Waals surface area contributed by atoms with Crippen LogP contribution >= 0.6 is 11.3 Å². The van der Waals surface area contributed by atoms with Gasteiger partial charge in [0.15, 0.2) is 4.96 Å². The summed E-state index contributed by atoms with van der Waals surface area (Å²) < 4.78 is 1.91. The number of hydrogen-bond acceptors (Lipinski definition) is 5. The molecular formula is C16H18N6OS. The molecule has 24 heavy (non-hydrogen) atoms. The fraction of sp³-hybridized carbons (Fsp3) is 0.438. The molecule has 8 heteroatoms. The number of thiazole rings is 1. The summed E-state index contributed by atoms with van der Waals surface area (Å²) in [6.07, 6.45) is 6.92. The first-order valence-electron chi connectivity index (χ1n) is 8.32. The predicted octanol–water partition coefficient (Wildman–Crippen LogP) is 2.33. The number of nitrogens with zero attached hydrogens (tertiary/aromatic N) is 3. The van der Waals surface area contributed by atoms with Crippen molar-refractivity contribution in [1.82, 2.24) is 24.9 Å². The molecule has 1 saturated heterocycles. The van der Waals surface area contributed by atoms with Crippen LogP contribution in [-0.2, 0) is 0 Å². The Morgan fingerprint density at radius 1 is 1.33 bits per heavy atom. The molecule has 3 aromatic heterocycles. The number of fused-ring (bicyclic) bond motifs is 1.